The van der Waals surface area contributed by atoms with Crippen LogP contribution in [0, 0.1) is 0 Å². The molecule has 1 aliphatic rings. The first-order valence-corrected chi connectivity index (χ1v) is 5.46. The van der Waals surface area contributed by atoms with Crippen LogP contribution in [0.5, 0.6) is 0 Å². The fraction of sp³-hybridized carbons (Fsp3) is 0.727. The maximum atomic E-state index is 9.57. The van der Waals surface area contributed by atoms with E-state index in [-0.39, 0.29) is 11.5 Å². The van der Waals surface area contributed by atoms with Crippen LogP contribution in [0.15, 0.2) is 10.6 Å². The molecule has 0 bridgehead atoms. The van der Waals surface area contributed by atoms with Gasteiger partial charge in [0, 0.05) is 11.5 Å². The summed E-state index contributed by atoms with van der Waals surface area (Å²) >= 11 is 0. The summed E-state index contributed by atoms with van der Waals surface area (Å²) in [5.74, 6) is 0.583. The van der Waals surface area contributed by atoms with Crippen molar-refractivity contribution >= 4 is 5.88 Å². The minimum Gasteiger partial charge on any atom is -0.388 e. The molecule has 0 radical (unpaired) electrons. The topological polar surface area (TPSA) is 67.5 Å². The number of hydrogen-bond acceptors (Lipinski definition) is 5. The molecule has 1 aromatic rings. The fourth-order valence-electron chi connectivity index (χ4n) is 1.56. The summed E-state index contributed by atoms with van der Waals surface area (Å²) in [6.07, 6.45) is -0.483. The molecule has 5 nitrogen and oxygen atoms in total. The highest BCUT2D eigenvalue weighted by atomic mass is 16.5. The monoisotopic (exact) mass is 226 g/mol. The van der Waals surface area contributed by atoms with Crippen molar-refractivity contribution in [2.24, 2.45) is 0 Å². The number of aromatic nitrogens is 1. The van der Waals surface area contributed by atoms with Crippen LogP contribution in [-0.2, 0) is 10.2 Å². The summed E-state index contributed by atoms with van der Waals surface area (Å²) in [5, 5.41) is 16.6. The van der Waals surface area contributed by atoms with Crippen LogP contribution >= 0.6 is 0 Å². The SMILES string of the molecule is CC(C)(C)c1cc(NC2COCC2O)on1. The molecule has 1 aliphatic heterocycles. The maximum absolute atomic E-state index is 9.57. The highest BCUT2D eigenvalue weighted by Gasteiger charge is 2.27. The van der Waals surface area contributed by atoms with Crippen LogP contribution < -0.4 is 5.32 Å². The van der Waals surface area contributed by atoms with Gasteiger partial charge in [-0.15, -0.1) is 0 Å². The lowest BCUT2D eigenvalue weighted by Crippen LogP contribution is -2.31. The molecule has 0 spiro atoms. The second-order valence-corrected chi connectivity index (χ2v) is 5.18. The molecule has 2 heterocycles. The third kappa shape index (κ3) is 2.36. The Morgan fingerprint density at radius 1 is 1.44 bits per heavy atom. The quantitative estimate of drug-likeness (QED) is 0.791. The normalized spacial score (nSPS) is 26.0. The van der Waals surface area contributed by atoms with Gasteiger partial charge < -0.3 is 19.7 Å². The van der Waals surface area contributed by atoms with Gasteiger partial charge in [0.2, 0.25) is 5.88 Å². The molecule has 1 fully saturated rings. The van der Waals surface area contributed by atoms with E-state index < -0.39 is 6.10 Å². The van der Waals surface area contributed by atoms with Gasteiger partial charge in [0.1, 0.15) is 0 Å². The molecule has 2 atom stereocenters. The smallest absolute Gasteiger partial charge is 0.225 e. The highest BCUT2D eigenvalue weighted by Crippen LogP contribution is 2.24. The van der Waals surface area contributed by atoms with Gasteiger partial charge in [0.15, 0.2) is 0 Å². The van der Waals surface area contributed by atoms with Crippen LogP contribution in [0.2, 0.25) is 0 Å². The van der Waals surface area contributed by atoms with E-state index in [1.54, 1.807) is 0 Å². The molecule has 90 valence electrons. The minimum atomic E-state index is -0.483. The average Bonchev–Trinajstić information content (AvgIpc) is 2.76. The van der Waals surface area contributed by atoms with Crippen molar-refractivity contribution in [1.82, 2.24) is 5.16 Å². The van der Waals surface area contributed by atoms with Gasteiger partial charge in [-0.25, -0.2) is 0 Å². The Bertz CT molecular complexity index is 356. The number of ether oxygens (including phenoxy) is 1. The number of nitrogens with one attached hydrogen (secondary N) is 1. The number of aliphatic hydroxyl groups excluding tert-OH is 1. The summed E-state index contributed by atoms with van der Waals surface area (Å²) in [6, 6.07) is 1.76. The Morgan fingerprint density at radius 2 is 2.19 bits per heavy atom. The average molecular weight is 226 g/mol. The van der Waals surface area contributed by atoms with Gasteiger partial charge >= 0.3 is 0 Å². The predicted molar refractivity (Wildman–Crippen MR) is 59.4 cm³/mol. The summed E-state index contributed by atoms with van der Waals surface area (Å²) in [7, 11) is 0. The van der Waals surface area contributed by atoms with Gasteiger partial charge in [-0.2, -0.15) is 0 Å². The molecule has 0 aliphatic carbocycles. The van der Waals surface area contributed by atoms with Gasteiger partial charge in [-0.05, 0) is 0 Å². The number of rotatable bonds is 2. The molecule has 0 saturated carbocycles. The Hall–Kier alpha value is -1.07. The molecule has 0 amide bonds. The number of hydrogen-bond donors (Lipinski definition) is 2. The lowest BCUT2D eigenvalue weighted by atomic mass is 9.92. The fourth-order valence-corrected chi connectivity index (χ4v) is 1.56. The van der Waals surface area contributed by atoms with Crippen LogP contribution in [0.1, 0.15) is 26.5 Å². The Balaban J connectivity index is 2.03. The second-order valence-electron chi connectivity index (χ2n) is 5.18. The van der Waals surface area contributed by atoms with Crippen molar-refractivity contribution in [2.75, 3.05) is 18.5 Å². The van der Waals surface area contributed by atoms with E-state index in [1.807, 2.05) is 6.07 Å². The van der Waals surface area contributed by atoms with Gasteiger partial charge in [0.05, 0.1) is 31.1 Å². The molecule has 5 heteroatoms. The minimum absolute atomic E-state index is 0.0335. The van der Waals surface area contributed by atoms with Crippen LogP contribution in [0.4, 0.5) is 5.88 Å². The van der Waals surface area contributed by atoms with Gasteiger partial charge in [0.25, 0.3) is 0 Å². The standard InChI is InChI=1S/C11H18N2O3/c1-11(2,3)9-4-10(16-13-9)12-7-5-15-6-8(7)14/h4,7-8,12,14H,5-6H2,1-3H3. The Morgan fingerprint density at radius 3 is 2.69 bits per heavy atom. The zero-order chi connectivity index (χ0) is 11.8. The number of nitrogens with zero attached hydrogens (tertiary/aromatic N) is 1. The van der Waals surface area contributed by atoms with Crippen molar-refractivity contribution < 1.29 is 14.4 Å². The van der Waals surface area contributed by atoms with Crippen molar-refractivity contribution in [1.29, 1.82) is 0 Å². The maximum Gasteiger partial charge on any atom is 0.225 e. The van der Waals surface area contributed by atoms with E-state index >= 15 is 0 Å². The van der Waals surface area contributed by atoms with E-state index in [9.17, 15) is 5.11 Å². The molecule has 1 saturated heterocycles. The third-order valence-corrected chi connectivity index (χ3v) is 2.66. The summed E-state index contributed by atoms with van der Waals surface area (Å²) in [6.45, 7) is 7.08. The molecule has 2 N–H and O–H groups in total. The molecule has 1 aromatic heterocycles. The van der Waals surface area contributed by atoms with Crippen molar-refractivity contribution in [3.63, 3.8) is 0 Å². The van der Waals surface area contributed by atoms with Crippen LogP contribution in [0.25, 0.3) is 0 Å². The Kier molecular flexibility index (Phi) is 2.90. The van der Waals surface area contributed by atoms with Gasteiger partial charge in [-0.1, -0.05) is 25.9 Å². The van der Waals surface area contributed by atoms with Crippen molar-refractivity contribution in [3.05, 3.63) is 11.8 Å². The molecule has 2 unspecified atom stereocenters. The molecule has 0 aromatic carbocycles. The van der Waals surface area contributed by atoms with Crippen molar-refractivity contribution in [2.45, 2.75) is 38.3 Å². The third-order valence-electron chi connectivity index (χ3n) is 2.66. The molecular formula is C11H18N2O3. The van der Waals surface area contributed by atoms with Crippen molar-refractivity contribution in [3.8, 4) is 0 Å². The van der Waals surface area contributed by atoms with E-state index in [4.69, 9.17) is 9.26 Å². The van der Waals surface area contributed by atoms with E-state index in [1.165, 1.54) is 0 Å². The van der Waals surface area contributed by atoms with E-state index in [0.29, 0.717) is 19.1 Å². The number of anilines is 1. The molecular weight excluding hydrogens is 208 g/mol. The Labute approximate surface area is 94.8 Å². The zero-order valence-electron chi connectivity index (χ0n) is 9.86. The first-order chi connectivity index (χ1) is 7.47. The second kappa shape index (κ2) is 4.07. The first-order valence-electron chi connectivity index (χ1n) is 5.46. The largest absolute Gasteiger partial charge is 0.388 e. The van der Waals surface area contributed by atoms with E-state index in [2.05, 4.69) is 31.2 Å². The molecule has 2 rings (SSSR count). The highest BCUT2D eigenvalue weighted by molar-refractivity contribution is 5.35. The van der Waals surface area contributed by atoms with E-state index in [0.717, 1.165) is 5.69 Å². The lowest BCUT2D eigenvalue weighted by molar-refractivity contribution is 0.125. The first kappa shape index (κ1) is 11.4. The summed E-state index contributed by atoms with van der Waals surface area (Å²) in [4.78, 5) is 0. The zero-order valence-corrected chi connectivity index (χ0v) is 9.86. The van der Waals surface area contributed by atoms with Crippen LogP contribution in [-0.4, -0.2) is 35.6 Å². The summed E-state index contributed by atoms with van der Waals surface area (Å²) in [5.41, 5.74) is 0.859. The molecule has 16 heavy (non-hydrogen) atoms. The van der Waals surface area contributed by atoms with Gasteiger partial charge in [-0.3, -0.25) is 0 Å². The predicted octanol–water partition coefficient (Wildman–Crippen LogP) is 1.14. The summed E-state index contributed by atoms with van der Waals surface area (Å²) < 4.78 is 10.3. The van der Waals surface area contributed by atoms with Crippen LogP contribution in [0.3, 0.4) is 0 Å². The lowest BCUT2D eigenvalue weighted by Gasteiger charge is -2.13. The number of aliphatic hydroxyl groups is 1.